The fourth-order valence-electron chi connectivity index (χ4n) is 1.99. The van der Waals surface area contributed by atoms with Crippen molar-refractivity contribution in [2.75, 3.05) is 13.2 Å². The van der Waals surface area contributed by atoms with E-state index in [-0.39, 0.29) is 24.2 Å². The molecule has 0 aliphatic carbocycles. The van der Waals surface area contributed by atoms with Gasteiger partial charge in [-0.25, -0.2) is 9.97 Å². The maximum Gasteiger partial charge on any atom is 0.422 e. The minimum atomic E-state index is -4.42. The Morgan fingerprint density at radius 3 is 2.58 bits per heavy atom. The van der Waals surface area contributed by atoms with Crippen molar-refractivity contribution in [2.24, 2.45) is 0 Å². The lowest BCUT2D eigenvalue weighted by Gasteiger charge is -2.11. The molecule has 26 heavy (non-hydrogen) atoms. The first-order valence-electron chi connectivity index (χ1n) is 7.81. The smallest absolute Gasteiger partial charge is 0.422 e. The third kappa shape index (κ3) is 5.91. The molecule has 0 spiro atoms. The molecule has 0 aliphatic heterocycles. The number of nitrogens with one attached hydrogen (secondary N) is 1. The quantitative estimate of drug-likeness (QED) is 0.812. The lowest BCUT2D eigenvalue weighted by molar-refractivity contribution is -0.154. The van der Waals surface area contributed by atoms with E-state index in [2.05, 4.69) is 20.0 Å². The van der Waals surface area contributed by atoms with Crippen LogP contribution in [0.5, 0.6) is 11.8 Å². The van der Waals surface area contributed by atoms with Gasteiger partial charge < -0.3 is 14.8 Å². The highest BCUT2D eigenvalue weighted by molar-refractivity contribution is 5.96. The normalized spacial score (nSPS) is 11.1. The lowest BCUT2D eigenvalue weighted by atomic mass is 10.2. The van der Waals surface area contributed by atoms with Gasteiger partial charge in [0.2, 0.25) is 11.8 Å². The van der Waals surface area contributed by atoms with Gasteiger partial charge in [0.1, 0.15) is 5.56 Å². The van der Waals surface area contributed by atoms with E-state index in [1.165, 1.54) is 18.3 Å². The van der Waals surface area contributed by atoms with E-state index < -0.39 is 12.8 Å². The summed E-state index contributed by atoms with van der Waals surface area (Å²) in [4.78, 5) is 20.3. The Morgan fingerprint density at radius 1 is 1.19 bits per heavy atom. The molecule has 0 radical (unpaired) electrons. The molecule has 0 saturated carbocycles. The van der Waals surface area contributed by atoms with Crippen LogP contribution in [-0.4, -0.2) is 35.3 Å². The summed E-state index contributed by atoms with van der Waals surface area (Å²) in [7, 11) is 0. The van der Waals surface area contributed by atoms with E-state index in [1.54, 1.807) is 26.0 Å². The number of rotatable bonds is 7. The molecular weight excluding hydrogens is 351 g/mol. The summed E-state index contributed by atoms with van der Waals surface area (Å²) in [6, 6.07) is 6.16. The van der Waals surface area contributed by atoms with Gasteiger partial charge in [-0.1, -0.05) is 6.07 Å². The number of aromatic nitrogens is 2. The van der Waals surface area contributed by atoms with Crippen molar-refractivity contribution >= 4 is 5.91 Å². The number of amides is 1. The van der Waals surface area contributed by atoms with E-state index in [0.717, 1.165) is 5.69 Å². The van der Waals surface area contributed by atoms with Crippen LogP contribution < -0.4 is 14.8 Å². The van der Waals surface area contributed by atoms with Crippen LogP contribution in [0, 0.1) is 6.92 Å². The highest BCUT2D eigenvalue weighted by Gasteiger charge is 2.28. The fourth-order valence-corrected chi connectivity index (χ4v) is 1.99. The first-order valence-corrected chi connectivity index (χ1v) is 7.81. The van der Waals surface area contributed by atoms with Crippen LogP contribution in [0.4, 0.5) is 13.2 Å². The van der Waals surface area contributed by atoms with Gasteiger partial charge in [0, 0.05) is 24.5 Å². The highest BCUT2D eigenvalue weighted by atomic mass is 19.4. The summed E-state index contributed by atoms with van der Waals surface area (Å²) in [6.45, 7) is 2.69. The third-order valence-corrected chi connectivity index (χ3v) is 3.16. The van der Waals surface area contributed by atoms with Crippen molar-refractivity contribution < 1.29 is 27.4 Å². The second-order valence-corrected chi connectivity index (χ2v) is 5.33. The number of pyridine rings is 2. The Morgan fingerprint density at radius 2 is 1.96 bits per heavy atom. The van der Waals surface area contributed by atoms with Gasteiger partial charge >= 0.3 is 6.18 Å². The predicted octanol–water partition coefficient (Wildman–Crippen LogP) is 3.05. The Kier molecular flexibility index (Phi) is 6.37. The number of aryl methyl sites for hydroxylation is 1. The zero-order chi connectivity index (χ0) is 19.2. The Labute approximate surface area is 148 Å². The minimum absolute atomic E-state index is 0.140. The Balaban J connectivity index is 1.95. The van der Waals surface area contributed by atoms with Gasteiger partial charge in [-0.2, -0.15) is 13.2 Å². The van der Waals surface area contributed by atoms with Crippen molar-refractivity contribution in [3.63, 3.8) is 0 Å². The topological polar surface area (TPSA) is 73.3 Å². The van der Waals surface area contributed by atoms with Crippen LogP contribution in [0.1, 0.15) is 28.5 Å². The first kappa shape index (κ1) is 19.5. The minimum Gasteiger partial charge on any atom is -0.477 e. The fraction of sp³-hybridized carbons (Fsp3) is 0.353. The van der Waals surface area contributed by atoms with Crippen LogP contribution in [0.3, 0.4) is 0 Å². The molecule has 0 atom stereocenters. The van der Waals surface area contributed by atoms with Gasteiger partial charge in [-0.3, -0.25) is 4.79 Å². The van der Waals surface area contributed by atoms with Gasteiger partial charge in [0.15, 0.2) is 6.61 Å². The third-order valence-electron chi connectivity index (χ3n) is 3.16. The van der Waals surface area contributed by atoms with Crippen LogP contribution in [0.25, 0.3) is 0 Å². The molecular formula is C17H18F3N3O3. The van der Waals surface area contributed by atoms with E-state index in [4.69, 9.17) is 4.74 Å². The molecule has 1 amide bonds. The molecule has 9 heteroatoms. The first-order chi connectivity index (χ1) is 12.3. The number of ether oxygens (including phenoxy) is 2. The molecule has 1 N–H and O–H groups in total. The zero-order valence-corrected chi connectivity index (χ0v) is 14.3. The highest BCUT2D eigenvalue weighted by Crippen LogP contribution is 2.18. The Hall–Kier alpha value is -2.84. The molecule has 0 fully saturated rings. The van der Waals surface area contributed by atoms with E-state index in [1.807, 2.05) is 0 Å². The summed E-state index contributed by atoms with van der Waals surface area (Å²) in [6.07, 6.45) is -3.09. The number of alkyl halides is 3. The van der Waals surface area contributed by atoms with E-state index in [9.17, 15) is 18.0 Å². The molecule has 0 bridgehead atoms. The molecule has 0 aliphatic rings. The molecule has 2 aromatic heterocycles. The van der Waals surface area contributed by atoms with Crippen molar-refractivity contribution in [1.82, 2.24) is 15.3 Å². The molecule has 6 nitrogen and oxygen atoms in total. The average Bonchev–Trinajstić information content (AvgIpc) is 2.58. The van der Waals surface area contributed by atoms with Crippen LogP contribution in [0.2, 0.25) is 0 Å². The van der Waals surface area contributed by atoms with Crippen LogP contribution in [0.15, 0.2) is 30.5 Å². The van der Waals surface area contributed by atoms with Crippen molar-refractivity contribution in [1.29, 1.82) is 0 Å². The molecule has 0 unspecified atom stereocenters. The standard InChI is InChI=1S/C17H18F3N3O3/c1-3-25-16-13(6-4-11(2)23-16)15(24)22-9-12-5-7-14(21-8-12)26-10-17(18,19)20/h4-8H,3,9-10H2,1-2H3,(H,22,24). The number of carbonyl (C=O) groups excluding carboxylic acids is 1. The summed E-state index contributed by atoms with van der Waals surface area (Å²) < 4.78 is 46.2. The molecule has 2 aromatic rings. The molecule has 0 aromatic carbocycles. The molecule has 2 heterocycles. The SMILES string of the molecule is CCOc1nc(C)ccc1C(=O)NCc1ccc(OCC(F)(F)F)nc1. The van der Waals surface area contributed by atoms with Crippen LogP contribution in [-0.2, 0) is 6.54 Å². The maximum absolute atomic E-state index is 12.3. The second-order valence-electron chi connectivity index (χ2n) is 5.33. The van der Waals surface area contributed by atoms with Gasteiger partial charge in [-0.05, 0) is 31.5 Å². The van der Waals surface area contributed by atoms with Crippen molar-refractivity contribution in [3.05, 3.63) is 47.3 Å². The number of nitrogens with zero attached hydrogens (tertiary/aromatic N) is 2. The summed E-state index contributed by atoms with van der Waals surface area (Å²) in [5, 5.41) is 2.69. The summed E-state index contributed by atoms with van der Waals surface area (Å²) in [5.74, 6) is -0.267. The lowest BCUT2D eigenvalue weighted by Crippen LogP contribution is -2.24. The Bertz CT molecular complexity index is 749. The zero-order valence-electron chi connectivity index (χ0n) is 14.3. The van der Waals surface area contributed by atoms with Crippen molar-refractivity contribution in [3.8, 4) is 11.8 Å². The number of carbonyl (C=O) groups is 1. The van der Waals surface area contributed by atoms with Gasteiger partial charge in [-0.15, -0.1) is 0 Å². The second kappa shape index (κ2) is 8.50. The molecule has 140 valence electrons. The average molecular weight is 369 g/mol. The van der Waals surface area contributed by atoms with Gasteiger partial charge in [0.05, 0.1) is 6.61 Å². The van der Waals surface area contributed by atoms with Crippen molar-refractivity contribution in [2.45, 2.75) is 26.6 Å². The molecule has 2 rings (SSSR count). The largest absolute Gasteiger partial charge is 0.477 e. The number of hydrogen-bond donors (Lipinski definition) is 1. The van der Waals surface area contributed by atoms with Crippen LogP contribution >= 0.6 is 0 Å². The summed E-state index contributed by atoms with van der Waals surface area (Å²) in [5.41, 5.74) is 1.63. The molecule has 0 saturated heterocycles. The predicted molar refractivity (Wildman–Crippen MR) is 87.1 cm³/mol. The number of halogens is 3. The van der Waals surface area contributed by atoms with E-state index >= 15 is 0 Å². The summed E-state index contributed by atoms with van der Waals surface area (Å²) >= 11 is 0. The number of hydrogen-bond acceptors (Lipinski definition) is 5. The van der Waals surface area contributed by atoms with E-state index in [0.29, 0.717) is 17.7 Å². The maximum atomic E-state index is 12.3. The monoisotopic (exact) mass is 369 g/mol. The van der Waals surface area contributed by atoms with Gasteiger partial charge in [0.25, 0.3) is 5.91 Å².